The number of thiophene rings is 1. The number of hydrogen-bond donors (Lipinski definition) is 2. The van der Waals surface area contributed by atoms with Gasteiger partial charge in [0.1, 0.15) is 0 Å². The Labute approximate surface area is 115 Å². The topological polar surface area (TPSA) is 80.0 Å². The molecule has 0 atom stereocenters. The van der Waals surface area contributed by atoms with E-state index in [-0.39, 0.29) is 6.03 Å². The molecule has 2 aromatic heterocycles. The Morgan fingerprint density at radius 3 is 2.79 bits per heavy atom. The van der Waals surface area contributed by atoms with Gasteiger partial charge in [-0.05, 0) is 24.8 Å². The van der Waals surface area contributed by atoms with E-state index in [1.54, 1.807) is 18.3 Å². The smallest absolute Gasteiger partial charge is 0.314 e. The van der Waals surface area contributed by atoms with E-state index >= 15 is 0 Å². The standard InChI is InChI=1S/C12H16N4O2S/c1-9-15-11(18-16-9)5-7-14-12(17)13-6-4-10-3-2-8-19-10/h2-3,8H,4-7H2,1H3,(H2,13,14,17). The second kappa shape index (κ2) is 6.89. The largest absolute Gasteiger partial charge is 0.339 e. The first-order valence-corrected chi connectivity index (χ1v) is 6.95. The van der Waals surface area contributed by atoms with Gasteiger partial charge in [-0.2, -0.15) is 4.98 Å². The normalized spacial score (nSPS) is 10.4. The van der Waals surface area contributed by atoms with E-state index in [1.807, 2.05) is 11.4 Å². The Balaban J connectivity index is 1.57. The van der Waals surface area contributed by atoms with Crippen LogP contribution in [0.15, 0.2) is 22.0 Å². The lowest BCUT2D eigenvalue weighted by molar-refractivity contribution is 0.241. The lowest BCUT2D eigenvalue weighted by Crippen LogP contribution is -2.37. The van der Waals surface area contributed by atoms with E-state index in [0.717, 1.165) is 6.42 Å². The average Bonchev–Trinajstić information content (AvgIpc) is 3.01. The molecule has 0 aromatic carbocycles. The van der Waals surface area contributed by atoms with Crippen LogP contribution in [0.2, 0.25) is 0 Å². The summed E-state index contributed by atoms with van der Waals surface area (Å²) in [4.78, 5) is 16.8. The monoisotopic (exact) mass is 280 g/mol. The molecule has 2 aromatic rings. The van der Waals surface area contributed by atoms with Crippen molar-refractivity contribution in [1.82, 2.24) is 20.8 Å². The number of carbonyl (C=O) groups excluding carboxylic acids is 1. The van der Waals surface area contributed by atoms with Crippen LogP contribution < -0.4 is 10.6 Å². The van der Waals surface area contributed by atoms with Crippen LogP contribution in [0.3, 0.4) is 0 Å². The van der Waals surface area contributed by atoms with Crippen LogP contribution >= 0.6 is 11.3 Å². The van der Waals surface area contributed by atoms with E-state index in [9.17, 15) is 4.79 Å². The molecular weight excluding hydrogens is 264 g/mol. The molecule has 0 radical (unpaired) electrons. The highest BCUT2D eigenvalue weighted by Crippen LogP contribution is 2.07. The second-order valence-electron chi connectivity index (χ2n) is 4.00. The first-order valence-electron chi connectivity index (χ1n) is 6.07. The minimum absolute atomic E-state index is 0.173. The third kappa shape index (κ3) is 4.70. The highest BCUT2D eigenvalue weighted by molar-refractivity contribution is 7.09. The zero-order valence-corrected chi connectivity index (χ0v) is 11.5. The molecule has 0 unspecified atom stereocenters. The zero-order chi connectivity index (χ0) is 13.5. The van der Waals surface area contributed by atoms with Gasteiger partial charge in [0, 0.05) is 24.4 Å². The highest BCUT2D eigenvalue weighted by Gasteiger charge is 2.04. The van der Waals surface area contributed by atoms with Crippen LogP contribution in [0, 0.1) is 6.92 Å². The summed E-state index contributed by atoms with van der Waals surface area (Å²) in [6.07, 6.45) is 1.40. The van der Waals surface area contributed by atoms with E-state index in [0.29, 0.717) is 31.2 Å². The van der Waals surface area contributed by atoms with Crippen LogP contribution in [-0.4, -0.2) is 29.3 Å². The summed E-state index contributed by atoms with van der Waals surface area (Å²) in [5, 5.41) is 11.3. The number of aryl methyl sites for hydroxylation is 1. The molecule has 0 saturated heterocycles. The number of nitrogens with one attached hydrogen (secondary N) is 2. The predicted molar refractivity (Wildman–Crippen MR) is 72.2 cm³/mol. The van der Waals surface area contributed by atoms with Crippen LogP contribution in [0.1, 0.15) is 16.6 Å². The lowest BCUT2D eigenvalue weighted by Gasteiger charge is -2.05. The predicted octanol–water partition coefficient (Wildman–Crippen LogP) is 1.52. The fraction of sp³-hybridized carbons (Fsp3) is 0.417. The number of carbonyl (C=O) groups is 1. The number of aromatic nitrogens is 2. The Kier molecular flexibility index (Phi) is 4.91. The van der Waals surface area contributed by atoms with Gasteiger partial charge < -0.3 is 15.2 Å². The van der Waals surface area contributed by atoms with Crippen molar-refractivity contribution in [1.29, 1.82) is 0 Å². The third-order valence-corrected chi connectivity index (χ3v) is 3.37. The molecule has 0 saturated carbocycles. The summed E-state index contributed by atoms with van der Waals surface area (Å²) in [5.74, 6) is 1.15. The molecule has 0 aliphatic rings. The van der Waals surface area contributed by atoms with Gasteiger partial charge in [-0.1, -0.05) is 11.2 Å². The van der Waals surface area contributed by atoms with Crippen molar-refractivity contribution in [3.63, 3.8) is 0 Å². The molecule has 0 fully saturated rings. The van der Waals surface area contributed by atoms with Gasteiger partial charge in [0.2, 0.25) is 5.89 Å². The number of urea groups is 1. The molecule has 0 bridgehead atoms. The summed E-state index contributed by atoms with van der Waals surface area (Å²) < 4.78 is 4.94. The van der Waals surface area contributed by atoms with Gasteiger partial charge >= 0.3 is 6.03 Å². The fourth-order valence-electron chi connectivity index (χ4n) is 1.54. The van der Waals surface area contributed by atoms with E-state index in [4.69, 9.17) is 4.52 Å². The molecule has 2 N–H and O–H groups in total. The molecular formula is C12H16N4O2S. The maximum atomic E-state index is 11.5. The quantitative estimate of drug-likeness (QED) is 0.841. The highest BCUT2D eigenvalue weighted by atomic mass is 32.1. The van der Waals surface area contributed by atoms with Crippen LogP contribution in [0.4, 0.5) is 4.79 Å². The summed E-state index contributed by atoms with van der Waals surface area (Å²) in [6.45, 7) is 2.87. The van der Waals surface area contributed by atoms with Crippen LogP contribution in [0.5, 0.6) is 0 Å². The summed E-state index contributed by atoms with van der Waals surface area (Å²) in [6, 6.07) is 3.89. The van der Waals surface area contributed by atoms with Gasteiger partial charge in [0.05, 0.1) is 0 Å². The summed E-state index contributed by atoms with van der Waals surface area (Å²) >= 11 is 1.69. The number of nitrogens with zero attached hydrogens (tertiary/aromatic N) is 2. The molecule has 7 heteroatoms. The minimum Gasteiger partial charge on any atom is -0.339 e. The van der Waals surface area contributed by atoms with Crippen molar-refractivity contribution in [2.24, 2.45) is 0 Å². The summed E-state index contributed by atoms with van der Waals surface area (Å²) in [7, 11) is 0. The minimum atomic E-state index is -0.173. The lowest BCUT2D eigenvalue weighted by atomic mass is 10.3. The molecule has 19 heavy (non-hydrogen) atoms. The molecule has 2 amide bonds. The third-order valence-electron chi connectivity index (χ3n) is 2.43. The molecule has 2 rings (SSSR count). The van der Waals surface area contributed by atoms with Crippen LogP contribution in [-0.2, 0) is 12.8 Å². The molecule has 102 valence electrons. The fourth-order valence-corrected chi connectivity index (χ4v) is 2.25. The van der Waals surface area contributed by atoms with Gasteiger partial charge in [-0.3, -0.25) is 0 Å². The average molecular weight is 280 g/mol. The van der Waals surface area contributed by atoms with Gasteiger partial charge in [0.25, 0.3) is 0 Å². The van der Waals surface area contributed by atoms with Crippen LogP contribution in [0.25, 0.3) is 0 Å². The second-order valence-corrected chi connectivity index (χ2v) is 5.03. The first-order chi connectivity index (χ1) is 9.24. The summed E-state index contributed by atoms with van der Waals surface area (Å²) in [5.41, 5.74) is 0. The van der Waals surface area contributed by atoms with Crippen molar-refractivity contribution in [2.45, 2.75) is 19.8 Å². The van der Waals surface area contributed by atoms with E-state index in [1.165, 1.54) is 4.88 Å². The van der Waals surface area contributed by atoms with E-state index < -0.39 is 0 Å². The Morgan fingerprint density at radius 2 is 2.16 bits per heavy atom. The molecule has 6 nitrogen and oxygen atoms in total. The van der Waals surface area contributed by atoms with Crippen molar-refractivity contribution >= 4 is 17.4 Å². The molecule has 0 aliphatic heterocycles. The van der Waals surface area contributed by atoms with Gasteiger partial charge in [-0.15, -0.1) is 11.3 Å². The Hall–Kier alpha value is -1.89. The number of rotatable bonds is 6. The molecule has 0 aliphatic carbocycles. The van der Waals surface area contributed by atoms with Crippen molar-refractivity contribution in [3.05, 3.63) is 34.1 Å². The molecule has 2 heterocycles. The van der Waals surface area contributed by atoms with E-state index in [2.05, 4.69) is 26.8 Å². The number of hydrogen-bond acceptors (Lipinski definition) is 5. The maximum absolute atomic E-state index is 11.5. The van der Waals surface area contributed by atoms with Gasteiger partial charge in [-0.25, -0.2) is 4.79 Å². The maximum Gasteiger partial charge on any atom is 0.314 e. The van der Waals surface area contributed by atoms with Crippen molar-refractivity contribution in [3.8, 4) is 0 Å². The Morgan fingerprint density at radius 1 is 1.37 bits per heavy atom. The van der Waals surface area contributed by atoms with Gasteiger partial charge in [0.15, 0.2) is 5.82 Å². The van der Waals surface area contributed by atoms with Crippen molar-refractivity contribution in [2.75, 3.05) is 13.1 Å². The Bertz CT molecular complexity index is 510. The zero-order valence-electron chi connectivity index (χ0n) is 10.7. The SMILES string of the molecule is Cc1noc(CCNC(=O)NCCc2cccs2)n1. The number of amides is 2. The molecule has 0 spiro atoms. The first kappa shape index (κ1) is 13.5. The van der Waals surface area contributed by atoms with Crippen molar-refractivity contribution < 1.29 is 9.32 Å².